The molecule has 0 bridgehead atoms. The highest BCUT2D eigenvalue weighted by Gasteiger charge is 2.37. The van der Waals surface area contributed by atoms with Gasteiger partial charge in [-0.15, -0.1) is 0 Å². The fraction of sp³-hybridized carbons (Fsp3) is 0.379. The Morgan fingerprint density at radius 2 is 1.69 bits per heavy atom. The maximum atomic E-state index is 13.3. The minimum Gasteiger partial charge on any atom is -0.341 e. The van der Waals surface area contributed by atoms with E-state index in [1.54, 1.807) is 11.3 Å². The molecule has 6 nitrogen and oxygen atoms in total. The summed E-state index contributed by atoms with van der Waals surface area (Å²) < 4.78 is 0. The van der Waals surface area contributed by atoms with Crippen molar-refractivity contribution in [1.29, 1.82) is 0 Å². The normalized spacial score (nSPS) is 21.3. The summed E-state index contributed by atoms with van der Waals surface area (Å²) in [6.45, 7) is 1.45. The third kappa shape index (κ3) is 5.53. The number of carbonyl (C=O) groups is 2. The lowest BCUT2D eigenvalue weighted by molar-refractivity contribution is -0.134. The van der Waals surface area contributed by atoms with Gasteiger partial charge < -0.3 is 9.80 Å². The molecular weight excluding hydrogens is 468 g/mol. The van der Waals surface area contributed by atoms with Crippen LogP contribution in [0.2, 0.25) is 0 Å². The lowest BCUT2D eigenvalue weighted by Crippen LogP contribution is -2.51. The lowest BCUT2D eigenvalue weighted by Gasteiger charge is -2.40. The van der Waals surface area contributed by atoms with E-state index in [-0.39, 0.29) is 29.9 Å². The van der Waals surface area contributed by atoms with Crippen LogP contribution in [0, 0.1) is 5.92 Å². The summed E-state index contributed by atoms with van der Waals surface area (Å²) in [4.78, 5) is 30.5. The van der Waals surface area contributed by atoms with Crippen molar-refractivity contribution in [2.75, 3.05) is 20.1 Å². The maximum Gasteiger partial charge on any atom is 0.254 e. The minimum atomic E-state index is -0.213. The largest absolute Gasteiger partial charge is 0.341 e. The maximum absolute atomic E-state index is 13.3. The molecular formula is C29H34N4O2S. The quantitative estimate of drug-likeness (QED) is 0.506. The molecule has 5 rings (SSSR count). The summed E-state index contributed by atoms with van der Waals surface area (Å²) in [6, 6.07) is 22.6. The Hall–Kier alpha value is -3.00. The van der Waals surface area contributed by atoms with Crippen molar-refractivity contribution in [1.82, 2.24) is 20.7 Å². The molecule has 0 radical (unpaired) electrons. The van der Waals surface area contributed by atoms with Gasteiger partial charge in [0.25, 0.3) is 5.91 Å². The Morgan fingerprint density at radius 3 is 2.36 bits per heavy atom. The van der Waals surface area contributed by atoms with Crippen molar-refractivity contribution in [3.63, 3.8) is 0 Å². The minimum absolute atomic E-state index is 0.0730. The first-order valence-corrected chi connectivity index (χ1v) is 13.7. The number of benzene rings is 2. The molecule has 3 aromatic rings. The summed E-state index contributed by atoms with van der Waals surface area (Å²) >= 11 is 1.55. The zero-order chi connectivity index (χ0) is 24.9. The number of thiophene rings is 1. The Bertz CT molecular complexity index is 1130. The van der Waals surface area contributed by atoms with Gasteiger partial charge >= 0.3 is 0 Å². The van der Waals surface area contributed by atoms with Crippen molar-refractivity contribution in [2.24, 2.45) is 5.92 Å². The SMILES string of the molecule is CN(C(=O)c1ccsc1)C(Cc1ccccc1)C1CCN(C(=O)C2CC(c3ccccc3)NN2)CC1. The molecule has 1 aromatic heterocycles. The first-order valence-electron chi connectivity index (χ1n) is 12.8. The van der Waals surface area contributed by atoms with Gasteiger partial charge in [0.05, 0.1) is 5.56 Å². The summed E-state index contributed by atoms with van der Waals surface area (Å²) in [6.07, 6.45) is 3.36. The summed E-state index contributed by atoms with van der Waals surface area (Å²) in [5.41, 5.74) is 9.70. The van der Waals surface area contributed by atoms with E-state index >= 15 is 0 Å². The number of rotatable bonds is 7. The van der Waals surface area contributed by atoms with E-state index in [1.165, 1.54) is 11.1 Å². The van der Waals surface area contributed by atoms with Crippen LogP contribution in [-0.4, -0.2) is 53.8 Å². The summed E-state index contributed by atoms with van der Waals surface area (Å²) in [7, 11) is 1.93. The number of amides is 2. The van der Waals surface area contributed by atoms with Crippen LogP contribution in [-0.2, 0) is 11.2 Å². The number of nitrogens with one attached hydrogen (secondary N) is 2. The highest BCUT2D eigenvalue weighted by molar-refractivity contribution is 7.08. The first kappa shape index (κ1) is 24.7. The Kier molecular flexibility index (Phi) is 7.80. The fourth-order valence-electron chi connectivity index (χ4n) is 5.56. The molecule has 0 spiro atoms. The third-order valence-corrected chi connectivity index (χ3v) is 8.36. The zero-order valence-corrected chi connectivity index (χ0v) is 21.5. The molecule has 3 heterocycles. The molecule has 0 saturated carbocycles. The van der Waals surface area contributed by atoms with Gasteiger partial charge in [-0.25, -0.2) is 10.9 Å². The van der Waals surface area contributed by atoms with Crippen molar-refractivity contribution in [3.8, 4) is 0 Å². The lowest BCUT2D eigenvalue weighted by atomic mass is 9.84. The molecule has 2 aromatic carbocycles. The molecule has 7 heteroatoms. The van der Waals surface area contributed by atoms with Gasteiger partial charge in [-0.3, -0.25) is 9.59 Å². The van der Waals surface area contributed by atoms with E-state index in [0.717, 1.165) is 44.3 Å². The van der Waals surface area contributed by atoms with Crippen molar-refractivity contribution in [3.05, 3.63) is 94.2 Å². The predicted molar refractivity (Wildman–Crippen MR) is 144 cm³/mol. The smallest absolute Gasteiger partial charge is 0.254 e. The van der Waals surface area contributed by atoms with Gasteiger partial charge in [0.15, 0.2) is 0 Å². The van der Waals surface area contributed by atoms with Crippen LogP contribution in [0.25, 0.3) is 0 Å². The van der Waals surface area contributed by atoms with Gasteiger partial charge in [0.2, 0.25) is 5.91 Å². The average Bonchev–Trinajstić information content (AvgIpc) is 3.65. The second-order valence-corrected chi connectivity index (χ2v) is 10.7. The van der Waals surface area contributed by atoms with Crippen LogP contribution in [0.5, 0.6) is 0 Å². The number of hydrogen-bond donors (Lipinski definition) is 2. The number of nitrogens with zero attached hydrogens (tertiary/aromatic N) is 2. The molecule has 2 N–H and O–H groups in total. The zero-order valence-electron chi connectivity index (χ0n) is 20.7. The molecule has 2 fully saturated rings. The van der Waals surface area contributed by atoms with E-state index < -0.39 is 0 Å². The van der Waals surface area contributed by atoms with E-state index in [9.17, 15) is 9.59 Å². The Morgan fingerprint density at radius 1 is 1.00 bits per heavy atom. The summed E-state index contributed by atoms with van der Waals surface area (Å²) in [5.74, 6) is 0.583. The highest BCUT2D eigenvalue weighted by atomic mass is 32.1. The van der Waals surface area contributed by atoms with Gasteiger partial charge in [-0.05, 0) is 54.2 Å². The Labute approximate surface area is 217 Å². The number of piperidine rings is 1. The molecule has 2 amide bonds. The highest BCUT2D eigenvalue weighted by Crippen LogP contribution is 2.29. The molecule has 3 unspecified atom stereocenters. The first-order chi connectivity index (χ1) is 17.6. The van der Waals surface area contributed by atoms with Gasteiger partial charge in [0.1, 0.15) is 6.04 Å². The molecule has 2 aliphatic rings. The van der Waals surface area contributed by atoms with Crippen LogP contribution >= 0.6 is 11.3 Å². The number of likely N-dealkylation sites (tertiary alicyclic amines) is 1. The van der Waals surface area contributed by atoms with Crippen molar-refractivity contribution in [2.45, 2.75) is 43.8 Å². The van der Waals surface area contributed by atoms with Crippen LogP contribution in [0.4, 0.5) is 0 Å². The average molecular weight is 503 g/mol. The number of likely N-dealkylation sites (N-methyl/N-ethyl adjacent to an activating group) is 1. The van der Waals surface area contributed by atoms with Crippen molar-refractivity contribution >= 4 is 23.2 Å². The molecule has 2 saturated heterocycles. The molecule has 188 valence electrons. The van der Waals surface area contributed by atoms with Crippen LogP contribution in [0.15, 0.2) is 77.5 Å². The van der Waals surface area contributed by atoms with E-state index in [0.29, 0.717) is 5.92 Å². The second kappa shape index (κ2) is 11.4. The van der Waals surface area contributed by atoms with Crippen LogP contribution in [0.3, 0.4) is 0 Å². The predicted octanol–water partition coefficient (Wildman–Crippen LogP) is 4.28. The van der Waals surface area contributed by atoms with Crippen molar-refractivity contribution < 1.29 is 9.59 Å². The molecule has 0 aliphatic carbocycles. The van der Waals surface area contributed by atoms with E-state index in [2.05, 4.69) is 47.2 Å². The van der Waals surface area contributed by atoms with Gasteiger partial charge in [-0.2, -0.15) is 11.3 Å². The van der Waals surface area contributed by atoms with E-state index in [1.807, 2.05) is 57.9 Å². The standard InChI is InChI=1S/C29H34N4O2S/c1-32(28(34)24-14-17-36-20-24)27(18-21-8-4-2-5-9-21)23-12-15-33(16-13-23)29(35)26-19-25(30-31-26)22-10-6-3-7-11-22/h2-11,14,17,20,23,25-27,30-31H,12-13,15-16,18-19H2,1H3. The fourth-order valence-corrected chi connectivity index (χ4v) is 6.19. The number of carbonyl (C=O) groups excluding carboxylic acids is 2. The molecule has 36 heavy (non-hydrogen) atoms. The Balaban J connectivity index is 1.22. The van der Waals surface area contributed by atoms with Gasteiger partial charge in [-0.1, -0.05) is 60.7 Å². The monoisotopic (exact) mass is 502 g/mol. The third-order valence-electron chi connectivity index (χ3n) is 7.67. The number of hydrogen-bond acceptors (Lipinski definition) is 5. The topological polar surface area (TPSA) is 64.7 Å². The summed E-state index contributed by atoms with van der Waals surface area (Å²) in [5, 5.41) is 3.87. The molecule has 2 aliphatic heterocycles. The van der Waals surface area contributed by atoms with Gasteiger partial charge in [0, 0.05) is 37.6 Å². The van der Waals surface area contributed by atoms with E-state index in [4.69, 9.17) is 0 Å². The number of hydrazine groups is 1. The van der Waals surface area contributed by atoms with Crippen LogP contribution in [0.1, 0.15) is 46.8 Å². The molecule has 3 atom stereocenters. The second-order valence-electron chi connectivity index (χ2n) is 9.89. The van der Waals surface area contributed by atoms with Crippen LogP contribution < -0.4 is 10.9 Å².